The molecule has 3 rings (SSSR count). The van der Waals surface area contributed by atoms with Crippen LogP contribution in [-0.4, -0.2) is 36.5 Å². The van der Waals surface area contributed by atoms with E-state index in [4.69, 9.17) is 0 Å². The van der Waals surface area contributed by atoms with Crippen LogP contribution in [0.4, 0.5) is 5.69 Å². The molecule has 0 unspecified atom stereocenters. The molecule has 1 aromatic rings. The number of anilines is 1. The molecule has 0 aromatic heterocycles. The van der Waals surface area contributed by atoms with Crippen LogP contribution in [0.1, 0.15) is 39.2 Å². The third kappa shape index (κ3) is 2.00. The summed E-state index contributed by atoms with van der Waals surface area (Å²) < 4.78 is 0. The normalized spacial score (nSPS) is 20.6. The quantitative estimate of drug-likeness (QED) is 0.785. The molecule has 20 heavy (non-hydrogen) atoms. The molecule has 0 bridgehead atoms. The number of fused-ring (bicyclic) bond motifs is 2. The minimum atomic E-state index is 0.215. The maximum atomic E-state index is 11.5. The maximum absolute atomic E-state index is 11.5. The van der Waals surface area contributed by atoms with Gasteiger partial charge in [0.05, 0.1) is 0 Å². The zero-order valence-corrected chi connectivity index (χ0v) is 12.7. The van der Waals surface area contributed by atoms with Gasteiger partial charge < -0.3 is 9.80 Å². The zero-order chi connectivity index (χ0) is 14.3. The van der Waals surface area contributed by atoms with Crippen molar-refractivity contribution in [1.82, 2.24) is 4.90 Å². The number of carbonyl (C=O) groups is 1. The van der Waals surface area contributed by atoms with Gasteiger partial charge in [-0.15, -0.1) is 0 Å². The van der Waals surface area contributed by atoms with Crippen molar-refractivity contribution in [3.05, 3.63) is 29.8 Å². The Morgan fingerprint density at radius 1 is 1.20 bits per heavy atom. The third-order valence-corrected chi connectivity index (χ3v) is 5.05. The summed E-state index contributed by atoms with van der Waals surface area (Å²) in [4.78, 5) is 16.1. The van der Waals surface area contributed by atoms with Crippen LogP contribution in [0.5, 0.6) is 0 Å². The number of hydrogen-bond donors (Lipinski definition) is 0. The molecule has 0 atom stereocenters. The SMILES string of the molecule is CC(=O)N1CCC2(CC1)CN(C(C)C)c1ccccc12. The number of nitrogens with zero attached hydrogens (tertiary/aromatic N) is 2. The number of hydrogen-bond acceptors (Lipinski definition) is 2. The highest BCUT2D eigenvalue weighted by Gasteiger charge is 2.45. The van der Waals surface area contributed by atoms with Gasteiger partial charge in [-0.05, 0) is 38.3 Å². The lowest BCUT2D eigenvalue weighted by atomic mass is 9.74. The molecule has 2 aliphatic heterocycles. The van der Waals surface area contributed by atoms with Crippen molar-refractivity contribution in [1.29, 1.82) is 0 Å². The van der Waals surface area contributed by atoms with Crippen molar-refractivity contribution in [3.8, 4) is 0 Å². The highest BCUT2D eigenvalue weighted by atomic mass is 16.2. The number of piperidine rings is 1. The van der Waals surface area contributed by atoms with E-state index < -0.39 is 0 Å². The molecule has 3 heteroatoms. The summed E-state index contributed by atoms with van der Waals surface area (Å²) in [5, 5.41) is 0. The van der Waals surface area contributed by atoms with Gasteiger partial charge in [0.15, 0.2) is 0 Å². The Morgan fingerprint density at radius 2 is 1.85 bits per heavy atom. The molecule has 1 spiro atoms. The van der Waals surface area contributed by atoms with Crippen LogP contribution in [0.25, 0.3) is 0 Å². The van der Waals surface area contributed by atoms with Crippen LogP contribution in [0, 0.1) is 0 Å². The predicted molar refractivity (Wildman–Crippen MR) is 82.1 cm³/mol. The molecular formula is C17H24N2O. The monoisotopic (exact) mass is 272 g/mol. The number of benzene rings is 1. The Hall–Kier alpha value is -1.51. The van der Waals surface area contributed by atoms with Crippen LogP contribution in [0.3, 0.4) is 0 Å². The number of amides is 1. The molecule has 0 radical (unpaired) electrons. The summed E-state index contributed by atoms with van der Waals surface area (Å²) in [7, 11) is 0. The van der Waals surface area contributed by atoms with Crippen molar-refractivity contribution in [3.63, 3.8) is 0 Å². The average molecular weight is 272 g/mol. The van der Waals surface area contributed by atoms with Gasteiger partial charge in [-0.3, -0.25) is 4.79 Å². The predicted octanol–water partition coefficient (Wildman–Crippen LogP) is 2.80. The fraction of sp³-hybridized carbons (Fsp3) is 0.588. The highest BCUT2D eigenvalue weighted by molar-refractivity contribution is 5.73. The second kappa shape index (κ2) is 4.80. The molecule has 2 aliphatic rings. The smallest absolute Gasteiger partial charge is 0.219 e. The molecule has 0 N–H and O–H groups in total. The first-order valence-corrected chi connectivity index (χ1v) is 7.65. The second-order valence-corrected chi connectivity index (χ2v) is 6.53. The lowest BCUT2D eigenvalue weighted by molar-refractivity contribution is -0.130. The minimum absolute atomic E-state index is 0.215. The van der Waals surface area contributed by atoms with E-state index in [9.17, 15) is 4.79 Å². The standard InChI is InChI=1S/C17H24N2O/c1-13(2)19-12-17(15-6-4-5-7-16(15)19)8-10-18(11-9-17)14(3)20/h4-7,13H,8-12H2,1-3H3. The van der Waals surface area contributed by atoms with Gasteiger partial charge in [-0.2, -0.15) is 0 Å². The first-order chi connectivity index (χ1) is 9.53. The molecule has 108 valence electrons. The molecule has 0 saturated carbocycles. The van der Waals surface area contributed by atoms with E-state index in [1.54, 1.807) is 6.92 Å². The fourth-order valence-electron chi connectivity index (χ4n) is 3.81. The number of carbonyl (C=O) groups excluding carboxylic acids is 1. The van der Waals surface area contributed by atoms with Crippen molar-refractivity contribution in [2.75, 3.05) is 24.5 Å². The largest absolute Gasteiger partial charge is 0.368 e. The molecular weight excluding hydrogens is 248 g/mol. The maximum Gasteiger partial charge on any atom is 0.219 e. The summed E-state index contributed by atoms with van der Waals surface area (Å²) in [6.07, 6.45) is 2.18. The summed E-state index contributed by atoms with van der Waals surface area (Å²) in [6, 6.07) is 9.36. The molecule has 3 nitrogen and oxygen atoms in total. The molecule has 0 aliphatic carbocycles. The lowest BCUT2D eigenvalue weighted by Crippen LogP contribution is -2.47. The van der Waals surface area contributed by atoms with Crippen LogP contribution >= 0.6 is 0 Å². The van der Waals surface area contributed by atoms with E-state index in [-0.39, 0.29) is 11.3 Å². The third-order valence-electron chi connectivity index (χ3n) is 5.05. The van der Waals surface area contributed by atoms with Crippen molar-refractivity contribution >= 4 is 11.6 Å². The summed E-state index contributed by atoms with van der Waals surface area (Å²) >= 11 is 0. The summed E-state index contributed by atoms with van der Waals surface area (Å²) in [6.45, 7) is 9.11. The topological polar surface area (TPSA) is 23.6 Å². The van der Waals surface area contributed by atoms with Gasteiger partial charge in [0.2, 0.25) is 5.91 Å². The zero-order valence-electron chi connectivity index (χ0n) is 12.7. The highest BCUT2D eigenvalue weighted by Crippen LogP contribution is 2.47. The van der Waals surface area contributed by atoms with E-state index in [1.165, 1.54) is 11.3 Å². The van der Waals surface area contributed by atoms with E-state index in [1.807, 2.05) is 4.90 Å². The Bertz CT molecular complexity index is 515. The van der Waals surface area contributed by atoms with E-state index in [0.717, 1.165) is 32.5 Å². The van der Waals surface area contributed by atoms with Gasteiger partial charge in [-0.1, -0.05) is 18.2 Å². The molecule has 1 fully saturated rings. The van der Waals surface area contributed by atoms with Gasteiger partial charge in [0.25, 0.3) is 0 Å². The van der Waals surface area contributed by atoms with Gasteiger partial charge >= 0.3 is 0 Å². The Morgan fingerprint density at radius 3 is 2.45 bits per heavy atom. The Balaban J connectivity index is 1.91. The van der Waals surface area contributed by atoms with E-state index >= 15 is 0 Å². The van der Waals surface area contributed by atoms with Crippen LogP contribution < -0.4 is 4.90 Å². The van der Waals surface area contributed by atoms with Gasteiger partial charge in [0, 0.05) is 43.7 Å². The van der Waals surface area contributed by atoms with Crippen LogP contribution in [0.2, 0.25) is 0 Å². The molecule has 2 heterocycles. The molecule has 1 amide bonds. The van der Waals surface area contributed by atoms with Crippen molar-refractivity contribution < 1.29 is 4.79 Å². The fourth-order valence-corrected chi connectivity index (χ4v) is 3.81. The molecule has 1 saturated heterocycles. The van der Waals surface area contributed by atoms with Crippen molar-refractivity contribution in [2.45, 2.75) is 45.1 Å². The van der Waals surface area contributed by atoms with Gasteiger partial charge in [0.1, 0.15) is 0 Å². The second-order valence-electron chi connectivity index (χ2n) is 6.53. The Labute approximate surface area is 121 Å². The summed E-state index contributed by atoms with van der Waals surface area (Å²) in [5.41, 5.74) is 3.16. The minimum Gasteiger partial charge on any atom is -0.368 e. The number of likely N-dealkylation sites (tertiary alicyclic amines) is 1. The van der Waals surface area contributed by atoms with Crippen LogP contribution in [-0.2, 0) is 10.2 Å². The Kier molecular flexibility index (Phi) is 3.23. The van der Waals surface area contributed by atoms with E-state index in [2.05, 4.69) is 43.0 Å². The lowest BCUT2D eigenvalue weighted by Gasteiger charge is -2.40. The average Bonchev–Trinajstić information content (AvgIpc) is 2.75. The number of rotatable bonds is 1. The first kappa shape index (κ1) is 13.5. The molecule has 1 aromatic carbocycles. The van der Waals surface area contributed by atoms with Crippen molar-refractivity contribution in [2.24, 2.45) is 0 Å². The number of para-hydroxylation sites is 1. The van der Waals surface area contributed by atoms with Crippen LogP contribution in [0.15, 0.2) is 24.3 Å². The summed E-state index contributed by atoms with van der Waals surface area (Å²) in [5.74, 6) is 0.215. The van der Waals surface area contributed by atoms with E-state index in [0.29, 0.717) is 6.04 Å². The van der Waals surface area contributed by atoms with Gasteiger partial charge in [-0.25, -0.2) is 0 Å². The first-order valence-electron chi connectivity index (χ1n) is 7.65.